The van der Waals surface area contributed by atoms with Gasteiger partial charge in [-0.15, -0.1) is 0 Å². The van der Waals surface area contributed by atoms with E-state index >= 15 is 0 Å². The van der Waals surface area contributed by atoms with E-state index in [9.17, 15) is 0 Å². The molecule has 0 radical (unpaired) electrons. The summed E-state index contributed by atoms with van der Waals surface area (Å²) in [6.45, 7) is 0. The summed E-state index contributed by atoms with van der Waals surface area (Å²) < 4.78 is 1.67. The lowest BCUT2D eigenvalue weighted by molar-refractivity contribution is 0.638. The molecule has 2 aromatic rings. The summed E-state index contributed by atoms with van der Waals surface area (Å²) in [5.41, 5.74) is 0. The number of aromatic nitrogens is 4. The average molecular weight is 250 g/mol. The van der Waals surface area contributed by atoms with Gasteiger partial charge in [-0.3, -0.25) is 0 Å². The highest BCUT2D eigenvalue weighted by molar-refractivity contribution is 6.29. The molecule has 1 atom stereocenters. The van der Waals surface area contributed by atoms with Crippen LogP contribution in [0.1, 0.15) is 19.3 Å². The summed E-state index contributed by atoms with van der Waals surface area (Å²) in [5, 5.41) is 7.99. The molecule has 1 N–H and O–H groups in total. The highest BCUT2D eigenvalue weighted by Gasteiger charge is 2.13. The third-order valence-electron chi connectivity index (χ3n) is 2.84. The molecule has 0 spiro atoms. The Bertz CT molecular complexity index is 562. The molecule has 5 nitrogen and oxygen atoms in total. The van der Waals surface area contributed by atoms with Crippen molar-refractivity contribution in [1.82, 2.24) is 19.6 Å². The molecule has 6 heteroatoms. The van der Waals surface area contributed by atoms with Crippen molar-refractivity contribution in [3.8, 4) is 0 Å². The van der Waals surface area contributed by atoms with Crippen LogP contribution in [0.5, 0.6) is 0 Å². The fraction of sp³-hybridized carbons (Fsp3) is 0.364. The molecule has 3 rings (SSSR count). The molecule has 0 aromatic carbocycles. The lowest BCUT2D eigenvalue weighted by Gasteiger charge is -2.20. The zero-order chi connectivity index (χ0) is 11.7. The Kier molecular flexibility index (Phi) is 2.68. The third-order valence-corrected chi connectivity index (χ3v) is 3.04. The standard InChI is InChI=1S/C11H12ClN5/c12-9-6-10(15-8-4-2-1-3-5-8)17-11(16-9)13-7-14-17/h1-2,6-8,15H,3-5H2. The number of fused-ring (bicyclic) bond motifs is 1. The molecule has 88 valence electrons. The quantitative estimate of drug-likeness (QED) is 0.656. The Morgan fingerprint density at radius 1 is 1.41 bits per heavy atom. The minimum absolute atomic E-state index is 0.422. The molecule has 0 saturated heterocycles. The molecule has 0 bridgehead atoms. The number of allylic oxidation sites excluding steroid dienone is 1. The van der Waals surface area contributed by atoms with E-state index in [1.165, 1.54) is 6.33 Å². The molecule has 1 aliphatic carbocycles. The zero-order valence-electron chi connectivity index (χ0n) is 9.17. The van der Waals surface area contributed by atoms with Gasteiger partial charge < -0.3 is 5.32 Å². The van der Waals surface area contributed by atoms with Crippen molar-refractivity contribution >= 4 is 23.2 Å². The first-order valence-corrected chi connectivity index (χ1v) is 5.98. The fourth-order valence-electron chi connectivity index (χ4n) is 2.02. The van der Waals surface area contributed by atoms with E-state index in [1.807, 2.05) is 0 Å². The van der Waals surface area contributed by atoms with Gasteiger partial charge in [0.2, 0.25) is 0 Å². The minimum atomic E-state index is 0.422. The van der Waals surface area contributed by atoms with Gasteiger partial charge in [0.15, 0.2) is 0 Å². The van der Waals surface area contributed by atoms with Crippen molar-refractivity contribution in [2.75, 3.05) is 5.32 Å². The number of rotatable bonds is 2. The van der Waals surface area contributed by atoms with E-state index in [1.54, 1.807) is 10.6 Å². The summed E-state index contributed by atoms with van der Waals surface area (Å²) in [6.07, 6.45) is 9.13. The Balaban J connectivity index is 1.93. The van der Waals surface area contributed by atoms with Crippen LogP contribution >= 0.6 is 11.6 Å². The summed E-state index contributed by atoms with van der Waals surface area (Å²) in [5.74, 6) is 1.36. The molecule has 0 amide bonds. The number of anilines is 1. The van der Waals surface area contributed by atoms with Gasteiger partial charge in [-0.1, -0.05) is 23.8 Å². The average Bonchev–Trinajstić information content (AvgIpc) is 2.78. The number of halogens is 1. The SMILES string of the molecule is Clc1cc(NC2CC=CCC2)n2ncnc2n1. The van der Waals surface area contributed by atoms with E-state index in [4.69, 9.17) is 11.6 Å². The second kappa shape index (κ2) is 4.33. The van der Waals surface area contributed by atoms with Crippen LogP contribution in [-0.2, 0) is 0 Å². The van der Waals surface area contributed by atoms with Gasteiger partial charge >= 0.3 is 0 Å². The van der Waals surface area contributed by atoms with E-state index in [2.05, 4.69) is 32.5 Å². The van der Waals surface area contributed by atoms with Gasteiger partial charge in [0.25, 0.3) is 5.78 Å². The maximum atomic E-state index is 5.95. The lowest BCUT2D eigenvalue weighted by atomic mass is 10.0. The van der Waals surface area contributed by atoms with E-state index in [-0.39, 0.29) is 0 Å². The number of nitrogens with one attached hydrogen (secondary N) is 1. The van der Waals surface area contributed by atoms with Crippen molar-refractivity contribution in [2.24, 2.45) is 0 Å². The van der Waals surface area contributed by atoms with Crippen molar-refractivity contribution in [2.45, 2.75) is 25.3 Å². The van der Waals surface area contributed by atoms with Crippen LogP contribution in [-0.4, -0.2) is 25.6 Å². The van der Waals surface area contributed by atoms with Gasteiger partial charge in [-0.2, -0.15) is 19.6 Å². The van der Waals surface area contributed by atoms with E-state index in [0.29, 0.717) is 17.0 Å². The Hall–Kier alpha value is -1.62. The van der Waals surface area contributed by atoms with Gasteiger partial charge in [0.1, 0.15) is 17.3 Å². The number of nitrogens with zero attached hydrogens (tertiary/aromatic N) is 4. The predicted molar refractivity (Wildman–Crippen MR) is 66.2 cm³/mol. The Morgan fingerprint density at radius 3 is 3.18 bits per heavy atom. The van der Waals surface area contributed by atoms with Crippen molar-refractivity contribution < 1.29 is 0 Å². The van der Waals surface area contributed by atoms with Gasteiger partial charge in [0.05, 0.1) is 0 Å². The molecule has 2 heterocycles. The molecule has 1 unspecified atom stereocenters. The maximum Gasteiger partial charge on any atom is 0.255 e. The second-order valence-corrected chi connectivity index (χ2v) is 4.45. The monoisotopic (exact) mass is 249 g/mol. The molecule has 0 aliphatic heterocycles. The molecule has 17 heavy (non-hydrogen) atoms. The minimum Gasteiger partial charge on any atom is -0.367 e. The highest BCUT2D eigenvalue weighted by Crippen LogP contribution is 2.19. The number of hydrogen-bond acceptors (Lipinski definition) is 4. The first-order valence-electron chi connectivity index (χ1n) is 5.61. The topological polar surface area (TPSA) is 55.1 Å². The van der Waals surface area contributed by atoms with E-state index < -0.39 is 0 Å². The van der Waals surface area contributed by atoms with E-state index in [0.717, 1.165) is 25.1 Å². The first kappa shape index (κ1) is 10.5. The predicted octanol–water partition coefficient (Wildman–Crippen LogP) is 2.30. The van der Waals surface area contributed by atoms with Crippen molar-refractivity contribution in [1.29, 1.82) is 0 Å². The third kappa shape index (κ3) is 2.10. The maximum absolute atomic E-state index is 5.95. The summed E-state index contributed by atoms with van der Waals surface area (Å²) >= 11 is 5.95. The fourth-order valence-corrected chi connectivity index (χ4v) is 2.20. The normalized spacial score (nSPS) is 19.7. The molecular weight excluding hydrogens is 238 g/mol. The molecule has 0 saturated carbocycles. The second-order valence-electron chi connectivity index (χ2n) is 4.06. The van der Waals surface area contributed by atoms with Crippen LogP contribution < -0.4 is 5.32 Å². The van der Waals surface area contributed by atoms with Crippen LogP contribution in [0.25, 0.3) is 5.78 Å². The first-order chi connectivity index (χ1) is 8.33. The molecule has 1 aliphatic rings. The molecular formula is C11H12ClN5. The Labute approximate surface area is 104 Å². The number of hydrogen-bond donors (Lipinski definition) is 1. The summed E-state index contributed by atoms with van der Waals surface area (Å²) in [6, 6.07) is 2.20. The van der Waals surface area contributed by atoms with Gasteiger partial charge in [0, 0.05) is 12.1 Å². The van der Waals surface area contributed by atoms with Gasteiger partial charge in [-0.25, -0.2) is 0 Å². The van der Waals surface area contributed by atoms with Crippen LogP contribution in [0.2, 0.25) is 5.15 Å². The summed E-state index contributed by atoms with van der Waals surface area (Å²) in [7, 11) is 0. The van der Waals surface area contributed by atoms with Crippen molar-refractivity contribution in [3.05, 3.63) is 29.7 Å². The lowest BCUT2D eigenvalue weighted by Crippen LogP contribution is -2.22. The van der Waals surface area contributed by atoms with Crippen LogP contribution in [0, 0.1) is 0 Å². The van der Waals surface area contributed by atoms with Crippen molar-refractivity contribution in [3.63, 3.8) is 0 Å². The van der Waals surface area contributed by atoms with Crippen LogP contribution in [0.4, 0.5) is 5.82 Å². The van der Waals surface area contributed by atoms with Crippen LogP contribution in [0.3, 0.4) is 0 Å². The molecule has 2 aromatic heterocycles. The highest BCUT2D eigenvalue weighted by atomic mass is 35.5. The van der Waals surface area contributed by atoms with Crippen LogP contribution in [0.15, 0.2) is 24.5 Å². The van der Waals surface area contributed by atoms with Gasteiger partial charge in [-0.05, 0) is 19.3 Å². The molecule has 0 fully saturated rings. The summed E-state index contributed by atoms with van der Waals surface area (Å²) in [4.78, 5) is 8.13. The Morgan fingerprint density at radius 2 is 2.35 bits per heavy atom. The zero-order valence-corrected chi connectivity index (χ0v) is 9.93. The largest absolute Gasteiger partial charge is 0.367 e. The smallest absolute Gasteiger partial charge is 0.255 e.